The van der Waals surface area contributed by atoms with Gasteiger partial charge in [0.15, 0.2) is 0 Å². The van der Waals surface area contributed by atoms with Crippen LogP contribution in [0.15, 0.2) is 0 Å². The lowest BCUT2D eigenvalue weighted by Crippen LogP contribution is -2.50. The second-order valence-corrected chi connectivity index (χ2v) is 6.05. The summed E-state index contributed by atoms with van der Waals surface area (Å²) in [6, 6.07) is 0.0976. The molecule has 106 valence electrons. The van der Waals surface area contributed by atoms with E-state index in [1.165, 1.54) is 11.3 Å². The van der Waals surface area contributed by atoms with Gasteiger partial charge in [-0.15, -0.1) is 0 Å². The summed E-state index contributed by atoms with van der Waals surface area (Å²) < 4.78 is 5.39. The van der Waals surface area contributed by atoms with Crippen LogP contribution in [0, 0.1) is 5.41 Å². The van der Waals surface area contributed by atoms with Crippen LogP contribution in [0.25, 0.3) is 0 Å². The zero-order chi connectivity index (χ0) is 13.3. The number of likely N-dealkylation sites (tertiary alicyclic amines) is 1. The topological polar surface area (TPSA) is 58.6 Å². The zero-order valence-corrected chi connectivity index (χ0v) is 11.3. The molecule has 2 amide bonds. The molecule has 5 nitrogen and oxygen atoms in total. The molecule has 0 bridgehead atoms. The van der Waals surface area contributed by atoms with E-state index in [4.69, 9.17) is 4.74 Å². The lowest BCUT2D eigenvalue weighted by Gasteiger charge is -2.32. The number of nitrogens with one attached hydrogen (secondary N) is 1. The van der Waals surface area contributed by atoms with Crippen molar-refractivity contribution >= 4 is 11.8 Å². The summed E-state index contributed by atoms with van der Waals surface area (Å²) in [5, 5.41) is 3.31. The predicted octanol–water partition coefficient (Wildman–Crippen LogP) is 0.684. The first kappa shape index (κ1) is 13.1. The maximum Gasteiger partial charge on any atom is 0.235 e. The molecule has 2 saturated heterocycles. The summed E-state index contributed by atoms with van der Waals surface area (Å²) in [4.78, 5) is 26.3. The van der Waals surface area contributed by atoms with Crippen molar-refractivity contribution in [2.45, 2.75) is 44.6 Å². The smallest absolute Gasteiger partial charge is 0.235 e. The SMILES string of the molecule is O=C1CC2(CCCCC2)C(=O)N1CC1COCCN1. The van der Waals surface area contributed by atoms with E-state index in [0.717, 1.165) is 32.2 Å². The second kappa shape index (κ2) is 5.21. The molecule has 1 N–H and O–H groups in total. The van der Waals surface area contributed by atoms with Gasteiger partial charge in [0, 0.05) is 25.6 Å². The molecule has 2 heterocycles. The van der Waals surface area contributed by atoms with Gasteiger partial charge in [-0.3, -0.25) is 14.5 Å². The van der Waals surface area contributed by atoms with Gasteiger partial charge in [-0.05, 0) is 12.8 Å². The first-order valence-corrected chi connectivity index (χ1v) is 7.37. The molecule has 3 aliphatic rings. The molecule has 0 aromatic carbocycles. The van der Waals surface area contributed by atoms with Crippen LogP contribution >= 0.6 is 0 Å². The molecule has 0 aromatic rings. The van der Waals surface area contributed by atoms with Crippen LogP contribution in [-0.2, 0) is 14.3 Å². The van der Waals surface area contributed by atoms with Crippen LogP contribution in [0.3, 0.4) is 0 Å². The third-order valence-corrected chi connectivity index (χ3v) is 4.70. The number of carbonyl (C=O) groups is 2. The lowest BCUT2D eigenvalue weighted by molar-refractivity contribution is -0.143. The molecule has 0 aromatic heterocycles. The molecule has 1 saturated carbocycles. The third-order valence-electron chi connectivity index (χ3n) is 4.70. The monoisotopic (exact) mass is 266 g/mol. The van der Waals surface area contributed by atoms with Crippen molar-refractivity contribution in [1.82, 2.24) is 10.2 Å². The molecule has 19 heavy (non-hydrogen) atoms. The Morgan fingerprint density at radius 2 is 2.05 bits per heavy atom. The lowest BCUT2D eigenvalue weighted by atomic mass is 9.73. The number of morpholine rings is 1. The van der Waals surface area contributed by atoms with Crippen molar-refractivity contribution in [3.05, 3.63) is 0 Å². The first-order valence-electron chi connectivity index (χ1n) is 7.37. The summed E-state index contributed by atoms with van der Waals surface area (Å²) in [5.74, 6) is 0.0869. The van der Waals surface area contributed by atoms with Gasteiger partial charge in [-0.1, -0.05) is 19.3 Å². The molecule has 1 atom stereocenters. The fourth-order valence-corrected chi connectivity index (χ4v) is 3.62. The minimum absolute atomic E-state index is 0.0132. The van der Waals surface area contributed by atoms with Gasteiger partial charge in [0.2, 0.25) is 11.8 Å². The van der Waals surface area contributed by atoms with Crippen LogP contribution in [0.1, 0.15) is 38.5 Å². The highest BCUT2D eigenvalue weighted by Crippen LogP contribution is 2.45. The molecule has 1 aliphatic carbocycles. The van der Waals surface area contributed by atoms with Crippen molar-refractivity contribution in [1.29, 1.82) is 0 Å². The van der Waals surface area contributed by atoms with E-state index in [0.29, 0.717) is 26.2 Å². The average molecular weight is 266 g/mol. The molecule has 0 radical (unpaired) electrons. The number of imide groups is 1. The van der Waals surface area contributed by atoms with Crippen LogP contribution in [0.4, 0.5) is 0 Å². The summed E-state index contributed by atoms with van der Waals surface area (Å²) in [6.07, 6.45) is 5.57. The number of ether oxygens (including phenoxy) is 1. The quantitative estimate of drug-likeness (QED) is 0.747. The number of rotatable bonds is 2. The first-order chi connectivity index (χ1) is 9.21. The maximum atomic E-state index is 12.6. The van der Waals surface area contributed by atoms with E-state index in [2.05, 4.69) is 5.32 Å². The number of amides is 2. The van der Waals surface area contributed by atoms with E-state index in [9.17, 15) is 9.59 Å². The second-order valence-electron chi connectivity index (χ2n) is 6.05. The Kier molecular flexibility index (Phi) is 3.58. The Morgan fingerprint density at radius 1 is 1.26 bits per heavy atom. The van der Waals surface area contributed by atoms with Crippen molar-refractivity contribution in [2.75, 3.05) is 26.3 Å². The molecule has 3 rings (SSSR count). The Hall–Kier alpha value is -0.940. The summed E-state index contributed by atoms with van der Waals surface area (Å²) in [7, 11) is 0. The Morgan fingerprint density at radius 3 is 2.74 bits per heavy atom. The number of hydrogen-bond acceptors (Lipinski definition) is 4. The van der Waals surface area contributed by atoms with Crippen LogP contribution in [0.5, 0.6) is 0 Å². The summed E-state index contributed by atoms with van der Waals surface area (Å²) in [6.45, 7) is 2.57. The van der Waals surface area contributed by atoms with E-state index in [1.54, 1.807) is 0 Å². The summed E-state index contributed by atoms with van der Waals surface area (Å²) >= 11 is 0. The van der Waals surface area contributed by atoms with E-state index >= 15 is 0 Å². The van der Waals surface area contributed by atoms with Gasteiger partial charge in [-0.2, -0.15) is 0 Å². The van der Waals surface area contributed by atoms with Gasteiger partial charge in [0.25, 0.3) is 0 Å². The molecule has 3 fully saturated rings. The number of hydrogen-bond donors (Lipinski definition) is 1. The van der Waals surface area contributed by atoms with Gasteiger partial charge in [0.1, 0.15) is 0 Å². The standard InChI is InChI=1S/C14H22N2O3/c17-12-8-14(4-2-1-3-5-14)13(18)16(12)9-11-10-19-7-6-15-11/h11,15H,1-10H2. The number of carbonyl (C=O) groups excluding carboxylic acids is 2. The average Bonchev–Trinajstić information content (AvgIpc) is 2.66. The Bertz CT molecular complexity index is 371. The molecular formula is C14H22N2O3. The van der Waals surface area contributed by atoms with Gasteiger partial charge >= 0.3 is 0 Å². The molecule has 1 spiro atoms. The van der Waals surface area contributed by atoms with Crippen molar-refractivity contribution in [2.24, 2.45) is 5.41 Å². The molecule has 5 heteroatoms. The fourth-order valence-electron chi connectivity index (χ4n) is 3.62. The highest BCUT2D eigenvalue weighted by atomic mass is 16.5. The normalized spacial score (nSPS) is 31.2. The third kappa shape index (κ3) is 2.41. The largest absolute Gasteiger partial charge is 0.378 e. The van der Waals surface area contributed by atoms with Gasteiger partial charge in [-0.25, -0.2) is 0 Å². The molecule has 2 aliphatic heterocycles. The zero-order valence-electron chi connectivity index (χ0n) is 11.3. The number of nitrogens with zero attached hydrogens (tertiary/aromatic N) is 1. The van der Waals surface area contributed by atoms with Crippen LogP contribution < -0.4 is 5.32 Å². The minimum atomic E-state index is -0.356. The molecular weight excluding hydrogens is 244 g/mol. The Labute approximate surface area is 113 Å². The van der Waals surface area contributed by atoms with Crippen LogP contribution in [0.2, 0.25) is 0 Å². The molecule has 1 unspecified atom stereocenters. The van der Waals surface area contributed by atoms with Crippen LogP contribution in [-0.4, -0.2) is 49.1 Å². The minimum Gasteiger partial charge on any atom is -0.378 e. The van der Waals surface area contributed by atoms with Crippen molar-refractivity contribution < 1.29 is 14.3 Å². The van der Waals surface area contributed by atoms with E-state index < -0.39 is 0 Å². The predicted molar refractivity (Wildman–Crippen MR) is 69.5 cm³/mol. The van der Waals surface area contributed by atoms with E-state index in [-0.39, 0.29) is 23.3 Å². The highest BCUT2D eigenvalue weighted by molar-refractivity contribution is 6.06. The van der Waals surface area contributed by atoms with Gasteiger partial charge < -0.3 is 10.1 Å². The Balaban J connectivity index is 1.68. The highest BCUT2D eigenvalue weighted by Gasteiger charge is 2.51. The van der Waals surface area contributed by atoms with Crippen molar-refractivity contribution in [3.63, 3.8) is 0 Å². The van der Waals surface area contributed by atoms with Crippen molar-refractivity contribution in [3.8, 4) is 0 Å². The van der Waals surface area contributed by atoms with Gasteiger partial charge in [0.05, 0.1) is 18.6 Å². The summed E-state index contributed by atoms with van der Waals surface area (Å²) in [5.41, 5.74) is -0.356. The fraction of sp³-hybridized carbons (Fsp3) is 0.857. The van der Waals surface area contributed by atoms with E-state index in [1.807, 2.05) is 0 Å². The maximum absolute atomic E-state index is 12.6.